The first-order valence-corrected chi connectivity index (χ1v) is 8.40. The van der Waals surface area contributed by atoms with Gasteiger partial charge >= 0.3 is 0 Å². The predicted molar refractivity (Wildman–Crippen MR) is 90.1 cm³/mol. The van der Waals surface area contributed by atoms with Gasteiger partial charge < -0.3 is 4.90 Å². The summed E-state index contributed by atoms with van der Waals surface area (Å²) in [6, 6.07) is 15.0. The van der Waals surface area contributed by atoms with E-state index in [1.165, 1.54) is 6.07 Å². The van der Waals surface area contributed by atoms with Gasteiger partial charge in [-0.15, -0.1) is 11.3 Å². The van der Waals surface area contributed by atoms with E-state index in [-0.39, 0.29) is 11.6 Å². The third kappa shape index (κ3) is 2.36. The first-order chi connectivity index (χ1) is 11.3. The molecule has 1 saturated heterocycles. The largest absolute Gasteiger partial charge is 0.361 e. The Labute approximate surface area is 137 Å². The Kier molecular flexibility index (Phi) is 3.47. The number of nitrogens with zero attached hydrogens (tertiary/aromatic N) is 3. The van der Waals surface area contributed by atoms with Gasteiger partial charge in [-0.2, -0.15) is 5.26 Å². The van der Waals surface area contributed by atoms with Crippen molar-refractivity contribution in [2.45, 2.75) is 18.9 Å². The van der Waals surface area contributed by atoms with Crippen molar-refractivity contribution in [2.24, 2.45) is 0 Å². The summed E-state index contributed by atoms with van der Waals surface area (Å²) in [4.78, 5) is 6.87. The molecule has 3 aromatic rings. The van der Waals surface area contributed by atoms with E-state index in [0.717, 1.165) is 34.6 Å². The summed E-state index contributed by atoms with van der Waals surface area (Å²) in [5.41, 5.74) is 1.80. The number of anilines is 1. The molecule has 0 saturated carbocycles. The van der Waals surface area contributed by atoms with E-state index in [0.29, 0.717) is 5.69 Å². The predicted octanol–water partition coefficient (Wildman–Crippen LogP) is 4.65. The van der Waals surface area contributed by atoms with Crippen LogP contribution in [0.3, 0.4) is 0 Å². The zero-order valence-corrected chi connectivity index (χ0v) is 13.2. The van der Waals surface area contributed by atoms with Gasteiger partial charge in [0.2, 0.25) is 0 Å². The minimum atomic E-state index is -0.458. The van der Waals surface area contributed by atoms with Gasteiger partial charge in [0.1, 0.15) is 22.5 Å². The van der Waals surface area contributed by atoms with Gasteiger partial charge in [-0.05, 0) is 37.1 Å². The highest BCUT2D eigenvalue weighted by atomic mass is 32.1. The van der Waals surface area contributed by atoms with Gasteiger partial charge in [0.15, 0.2) is 0 Å². The van der Waals surface area contributed by atoms with Crippen LogP contribution < -0.4 is 4.90 Å². The Morgan fingerprint density at radius 2 is 2.09 bits per heavy atom. The summed E-state index contributed by atoms with van der Waals surface area (Å²) in [6.45, 7) is 0.818. The van der Waals surface area contributed by atoms with Crippen molar-refractivity contribution in [1.82, 2.24) is 4.98 Å². The Bertz CT molecular complexity index is 879. The van der Waals surface area contributed by atoms with Crippen molar-refractivity contribution in [3.05, 3.63) is 58.9 Å². The Balaban J connectivity index is 1.78. The Morgan fingerprint density at radius 3 is 2.91 bits per heavy atom. The summed E-state index contributed by atoms with van der Waals surface area (Å²) in [5, 5.41) is 10.3. The molecule has 5 heteroatoms. The fraction of sp³-hybridized carbons (Fsp3) is 0.222. The van der Waals surface area contributed by atoms with Crippen molar-refractivity contribution in [3.8, 4) is 6.07 Å². The molecule has 2 heterocycles. The molecule has 3 nitrogen and oxygen atoms in total. The van der Waals surface area contributed by atoms with Crippen LogP contribution in [0.2, 0.25) is 0 Å². The van der Waals surface area contributed by atoms with Crippen molar-refractivity contribution < 1.29 is 4.39 Å². The fourth-order valence-electron chi connectivity index (χ4n) is 3.21. The van der Waals surface area contributed by atoms with Crippen LogP contribution in [0, 0.1) is 17.1 Å². The van der Waals surface area contributed by atoms with E-state index in [1.54, 1.807) is 17.4 Å². The molecule has 114 valence electrons. The quantitative estimate of drug-likeness (QED) is 0.689. The number of nitriles is 1. The molecule has 23 heavy (non-hydrogen) atoms. The monoisotopic (exact) mass is 323 g/mol. The molecule has 1 aliphatic heterocycles. The molecular weight excluding hydrogens is 309 g/mol. The van der Waals surface area contributed by atoms with E-state index < -0.39 is 5.82 Å². The molecule has 0 aliphatic carbocycles. The third-order valence-corrected chi connectivity index (χ3v) is 5.40. The maximum Gasteiger partial charge on any atom is 0.143 e. The zero-order chi connectivity index (χ0) is 15.8. The topological polar surface area (TPSA) is 39.9 Å². The van der Waals surface area contributed by atoms with Gasteiger partial charge in [0.25, 0.3) is 0 Å². The van der Waals surface area contributed by atoms with Crippen molar-refractivity contribution in [1.29, 1.82) is 5.26 Å². The molecule has 0 amide bonds. The second kappa shape index (κ2) is 5.64. The average molecular weight is 323 g/mol. The van der Waals surface area contributed by atoms with Crippen LogP contribution in [0.5, 0.6) is 0 Å². The minimum absolute atomic E-state index is 0.112. The normalized spacial score (nSPS) is 17.6. The fourth-order valence-corrected chi connectivity index (χ4v) is 4.32. The van der Waals surface area contributed by atoms with Crippen molar-refractivity contribution in [2.75, 3.05) is 11.4 Å². The molecule has 1 aliphatic rings. The molecule has 1 aromatic heterocycles. The third-order valence-electron chi connectivity index (χ3n) is 4.26. The number of fused-ring (bicyclic) bond motifs is 1. The van der Waals surface area contributed by atoms with E-state index in [4.69, 9.17) is 4.98 Å². The standard InChI is InChI=1S/C18H14FN3S/c19-13-5-3-7-15(12(13)11-20)22-10-4-8-16(22)18-21-14-6-1-2-9-17(14)23-18/h1-3,5-7,9,16H,4,8,10H2/t16-/m0/s1. The SMILES string of the molecule is N#Cc1c(F)cccc1N1CCC[C@H]1c1nc2ccccc2s1. The van der Waals surface area contributed by atoms with Crippen molar-refractivity contribution in [3.63, 3.8) is 0 Å². The summed E-state index contributed by atoms with van der Waals surface area (Å²) in [5.74, 6) is -0.458. The van der Waals surface area contributed by atoms with Crippen LogP contribution in [0.1, 0.15) is 29.5 Å². The van der Waals surface area contributed by atoms with Gasteiger partial charge in [0, 0.05) is 6.54 Å². The van der Waals surface area contributed by atoms with Crippen LogP contribution in [0.25, 0.3) is 10.2 Å². The lowest BCUT2D eigenvalue weighted by Gasteiger charge is -2.26. The minimum Gasteiger partial charge on any atom is -0.361 e. The highest BCUT2D eigenvalue weighted by Gasteiger charge is 2.30. The number of halogens is 1. The number of benzene rings is 2. The molecule has 0 spiro atoms. The number of hydrogen-bond donors (Lipinski definition) is 0. The number of hydrogen-bond acceptors (Lipinski definition) is 4. The summed E-state index contributed by atoms with van der Waals surface area (Å²) < 4.78 is 15.1. The van der Waals surface area contributed by atoms with Gasteiger partial charge in [-0.3, -0.25) is 0 Å². The van der Waals surface area contributed by atoms with E-state index in [2.05, 4.69) is 11.0 Å². The molecule has 4 rings (SSSR count). The van der Waals surface area contributed by atoms with Crippen LogP contribution in [-0.4, -0.2) is 11.5 Å². The van der Waals surface area contributed by atoms with Crippen LogP contribution >= 0.6 is 11.3 Å². The highest BCUT2D eigenvalue weighted by molar-refractivity contribution is 7.18. The second-order valence-electron chi connectivity index (χ2n) is 5.62. The van der Waals surface area contributed by atoms with E-state index >= 15 is 0 Å². The van der Waals surface area contributed by atoms with Crippen LogP contribution in [0.4, 0.5) is 10.1 Å². The first-order valence-electron chi connectivity index (χ1n) is 7.58. The molecule has 1 atom stereocenters. The van der Waals surface area contributed by atoms with Gasteiger partial charge in [-0.1, -0.05) is 18.2 Å². The molecule has 0 bridgehead atoms. The number of para-hydroxylation sites is 1. The molecule has 0 unspecified atom stereocenters. The Morgan fingerprint density at radius 1 is 1.22 bits per heavy atom. The number of rotatable bonds is 2. The summed E-state index contributed by atoms with van der Waals surface area (Å²) in [7, 11) is 0. The van der Waals surface area contributed by atoms with E-state index in [1.807, 2.05) is 30.3 Å². The lowest BCUT2D eigenvalue weighted by molar-refractivity contribution is 0.621. The molecule has 0 N–H and O–H groups in total. The number of thiazole rings is 1. The average Bonchev–Trinajstić information content (AvgIpc) is 3.20. The van der Waals surface area contributed by atoms with Gasteiger partial charge in [0.05, 0.1) is 21.9 Å². The lowest BCUT2D eigenvalue weighted by atomic mass is 10.1. The summed E-state index contributed by atoms with van der Waals surface area (Å²) in [6.07, 6.45) is 1.99. The maximum atomic E-state index is 13.9. The molecule has 0 radical (unpaired) electrons. The van der Waals surface area contributed by atoms with Crippen molar-refractivity contribution >= 4 is 27.2 Å². The van der Waals surface area contributed by atoms with Crippen LogP contribution in [0.15, 0.2) is 42.5 Å². The molecule has 1 fully saturated rings. The second-order valence-corrected chi connectivity index (χ2v) is 6.68. The maximum absolute atomic E-state index is 13.9. The van der Waals surface area contributed by atoms with E-state index in [9.17, 15) is 9.65 Å². The van der Waals surface area contributed by atoms with Crippen LogP contribution in [-0.2, 0) is 0 Å². The highest BCUT2D eigenvalue weighted by Crippen LogP contribution is 2.40. The first kappa shape index (κ1) is 14.2. The summed E-state index contributed by atoms with van der Waals surface area (Å²) >= 11 is 1.68. The van der Waals surface area contributed by atoms with Gasteiger partial charge in [-0.25, -0.2) is 9.37 Å². The molecule has 2 aromatic carbocycles. The lowest BCUT2D eigenvalue weighted by Crippen LogP contribution is -2.23. The smallest absolute Gasteiger partial charge is 0.143 e. The zero-order valence-electron chi connectivity index (χ0n) is 12.4. The molecular formula is C18H14FN3S. The Hall–Kier alpha value is -2.45. The number of aromatic nitrogens is 1.